The molecule has 25 heavy (non-hydrogen) atoms. The Hall–Kier alpha value is -2.88. The monoisotopic (exact) mass is 364 g/mol. The maximum atomic E-state index is 12.3. The first-order valence-corrected chi connectivity index (χ1v) is 8.40. The number of benzene rings is 1. The van der Waals surface area contributed by atoms with Crippen LogP contribution in [0.5, 0.6) is 0 Å². The van der Waals surface area contributed by atoms with Crippen molar-refractivity contribution in [3.63, 3.8) is 0 Å². The number of nitrogens with zero attached hydrogens (tertiary/aromatic N) is 3. The number of non-ortho nitro benzene ring substituents is 1. The minimum absolute atomic E-state index is 0.0171. The standard InChI is InChI=1S/C15H16N4O5S/c1-18-8-12(15(22)16-6-7-25-9-13(20)21)14(17-18)10-2-4-11(5-3-10)19(23)24/h2-5,8H,6-7,9H2,1H3,(H,16,22)(H,20,21). The Bertz CT molecular complexity index is 788. The molecule has 1 aromatic carbocycles. The van der Waals surface area contributed by atoms with Crippen molar-refractivity contribution in [3.05, 3.63) is 46.1 Å². The highest BCUT2D eigenvalue weighted by Crippen LogP contribution is 2.24. The molecule has 0 aliphatic rings. The fraction of sp³-hybridized carbons (Fsp3) is 0.267. The van der Waals surface area contributed by atoms with Crippen molar-refractivity contribution in [1.29, 1.82) is 0 Å². The van der Waals surface area contributed by atoms with Crippen molar-refractivity contribution < 1.29 is 19.6 Å². The van der Waals surface area contributed by atoms with Crippen LogP contribution in [0.25, 0.3) is 11.3 Å². The van der Waals surface area contributed by atoms with Gasteiger partial charge in [0.15, 0.2) is 0 Å². The maximum Gasteiger partial charge on any atom is 0.313 e. The van der Waals surface area contributed by atoms with Gasteiger partial charge in [0.25, 0.3) is 11.6 Å². The van der Waals surface area contributed by atoms with Crippen molar-refractivity contribution >= 4 is 29.3 Å². The summed E-state index contributed by atoms with van der Waals surface area (Å²) in [4.78, 5) is 33.0. The van der Waals surface area contributed by atoms with Crippen molar-refractivity contribution in [2.45, 2.75) is 0 Å². The number of thioether (sulfide) groups is 1. The highest BCUT2D eigenvalue weighted by atomic mass is 32.2. The van der Waals surface area contributed by atoms with Crippen LogP contribution < -0.4 is 5.32 Å². The van der Waals surface area contributed by atoms with Crippen LogP contribution in [0.4, 0.5) is 5.69 Å². The third kappa shape index (κ3) is 5.05. The van der Waals surface area contributed by atoms with E-state index in [-0.39, 0.29) is 17.3 Å². The molecule has 10 heteroatoms. The third-order valence-corrected chi connectivity index (χ3v) is 4.13. The van der Waals surface area contributed by atoms with Crippen LogP contribution in [0.3, 0.4) is 0 Å². The van der Waals surface area contributed by atoms with Crippen LogP contribution in [0.1, 0.15) is 10.4 Å². The van der Waals surface area contributed by atoms with Crippen molar-refractivity contribution in [2.75, 3.05) is 18.1 Å². The molecule has 9 nitrogen and oxygen atoms in total. The van der Waals surface area contributed by atoms with Crippen LogP contribution in [0, 0.1) is 10.1 Å². The van der Waals surface area contributed by atoms with Gasteiger partial charge in [-0.1, -0.05) is 0 Å². The molecule has 0 saturated carbocycles. The average molecular weight is 364 g/mol. The molecule has 0 saturated heterocycles. The Morgan fingerprint density at radius 3 is 2.64 bits per heavy atom. The number of carbonyl (C=O) groups is 2. The second-order valence-electron chi connectivity index (χ2n) is 5.07. The summed E-state index contributed by atoms with van der Waals surface area (Å²) >= 11 is 1.21. The lowest BCUT2D eigenvalue weighted by Gasteiger charge is -2.05. The number of hydrogen-bond donors (Lipinski definition) is 2. The Labute approximate surface area is 147 Å². The van der Waals surface area contributed by atoms with E-state index in [1.165, 1.54) is 28.6 Å². The molecule has 0 atom stereocenters. The summed E-state index contributed by atoms with van der Waals surface area (Å²) in [7, 11) is 1.67. The molecular formula is C15H16N4O5S. The van der Waals surface area contributed by atoms with Gasteiger partial charge in [0, 0.05) is 43.2 Å². The Balaban J connectivity index is 2.07. The molecule has 1 aromatic heterocycles. The lowest BCUT2D eigenvalue weighted by atomic mass is 10.1. The zero-order valence-electron chi connectivity index (χ0n) is 13.3. The van der Waals surface area contributed by atoms with Crippen LogP contribution in [-0.4, -0.2) is 49.7 Å². The number of aromatic nitrogens is 2. The van der Waals surface area contributed by atoms with Crippen molar-refractivity contribution in [1.82, 2.24) is 15.1 Å². The number of carboxylic acids is 1. The molecule has 2 rings (SSSR count). The van der Waals surface area contributed by atoms with Crippen LogP contribution in [0.2, 0.25) is 0 Å². The molecule has 0 spiro atoms. The van der Waals surface area contributed by atoms with Gasteiger partial charge in [-0.25, -0.2) is 0 Å². The predicted molar refractivity (Wildman–Crippen MR) is 92.6 cm³/mol. The highest BCUT2D eigenvalue weighted by molar-refractivity contribution is 7.99. The van der Waals surface area contributed by atoms with Gasteiger partial charge in [-0.15, -0.1) is 11.8 Å². The van der Waals surface area contributed by atoms with Crippen LogP contribution >= 0.6 is 11.8 Å². The van der Waals surface area contributed by atoms with Gasteiger partial charge >= 0.3 is 5.97 Å². The Morgan fingerprint density at radius 2 is 2.04 bits per heavy atom. The smallest absolute Gasteiger partial charge is 0.313 e. The second-order valence-corrected chi connectivity index (χ2v) is 6.18. The first kappa shape index (κ1) is 18.5. The Kier molecular flexibility index (Phi) is 6.12. The fourth-order valence-electron chi connectivity index (χ4n) is 2.10. The number of carboxylic acid groups (broad SMARTS) is 1. The van der Waals surface area contributed by atoms with E-state index in [2.05, 4.69) is 10.4 Å². The van der Waals surface area contributed by atoms with E-state index in [4.69, 9.17) is 5.11 Å². The third-order valence-electron chi connectivity index (χ3n) is 3.18. The van der Waals surface area contributed by atoms with Gasteiger partial charge in [0.05, 0.1) is 16.2 Å². The SMILES string of the molecule is Cn1cc(C(=O)NCCSCC(=O)O)c(-c2ccc([N+](=O)[O-])cc2)n1. The first-order valence-electron chi connectivity index (χ1n) is 7.24. The van der Waals surface area contributed by atoms with Gasteiger partial charge in [0.1, 0.15) is 5.69 Å². The molecule has 2 aromatic rings. The number of aryl methyl sites for hydroxylation is 1. The van der Waals surface area contributed by atoms with E-state index in [1.807, 2.05) is 0 Å². The molecule has 2 N–H and O–H groups in total. The summed E-state index contributed by atoms with van der Waals surface area (Å²) < 4.78 is 1.49. The zero-order chi connectivity index (χ0) is 18.4. The summed E-state index contributed by atoms with van der Waals surface area (Å²) in [5.41, 5.74) is 1.32. The minimum atomic E-state index is -0.899. The minimum Gasteiger partial charge on any atom is -0.481 e. The summed E-state index contributed by atoms with van der Waals surface area (Å²) in [6, 6.07) is 5.79. The van der Waals surface area contributed by atoms with E-state index in [9.17, 15) is 19.7 Å². The van der Waals surface area contributed by atoms with Crippen LogP contribution in [0.15, 0.2) is 30.5 Å². The normalized spacial score (nSPS) is 10.4. The number of nitro benzene ring substituents is 1. The molecule has 0 radical (unpaired) electrons. The number of hydrogen-bond acceptors (Lipinski definition) is 6. The largest absolute Gasteiger partial charge is 0.481 e. The topological polar surface area (TPSA) is 127 Å². The molecule has 0 bridgehead atoms. The van der Waals surface area contributed by atoms with Gasteiger partial charge in [-0.2, -0.15) is 5.10 Å². The van der Waals surface area contributed by atoms with E-state index in [1.54, 1.807) is 25.4 Å². The molecule has 132 valence electrons. The molecule has 0 aliphatic heterocycles. The summed E-state index contributed by atoms with van der Waals surface area (Å²) in [5, 5.41) is 26.2. The number of amides is 1. The summed E-state index contributed by atoms with van der Waals surface area (Å²) in [6.07, 6.45) is 1.57. The van der Waals surface area contributed by atoms with Gasteiger partial charge < -0.3 is 10.4 Å². The second kappa shape index (κ2) is 8.29. The number of nitro groups is 1. The highest BCUT2D eigenvalue weighted by Gasteiger charge is 2.17. The van der Waals surface area contributed by atoms with E-state index >= 15 is 0 Å². The molecule has 1 heterocycles. The van der Waals surface area contributed by atoms with Gasteiger partial charge in [0.2, 0.25) is 0 Å². The summed E-state index contributed by atoms with van der Waals surface area (Å²) in [5.74, 6) is -0.775. The van der Waals surface area contributed by atoms with Gasteiger partial charge in [-0.3, -0.25) is 24.4 Å². The van der Waals surface area contributed by atoms with Gasteiger partial charge in [-0.05, 0) is 12.1 Å². The first-order chi connectivity index (χ1) is 11.9. The number of aliphatic carboxylic acids is 1. The number of rotatable bonds is 8. The Morgan fingerprint density at radius 1 is 1.36 bits per heavy atom. The summed E-state index contributed by atoms with van der Waals surface area (Å²) in [6.45, 7) is 0.325. The maximum absolute atomic E-state index is 12.3. The lowest BCUT2D eigenvalue weighted by molar-refractivity contribution is -0.384. The predicted octanol–water partition coefficient (Wildman–Crippen LogP) is 1.54. The number of nitrogens with one attached hydrogen (secondary N) is 1. The average Bonchev–Trinajstić information content (AvgIpc) is 2.96. The molecular weight excluding hydrogens is 348 g/mol. The fourth-order valence-corrected chi connectivity index (χ4v) is 2.67. The van der Waals surface area contributed by atoms with Crippen molar-refractivity contribution in [2.24, 2.45) is 7.05 Å². The van der Waals surface area contributed by atoms with E-state index in [0.717, 1.165) is 0 Å². The molecule has 0 fully saturated rings. The lowest BCUT2D eigenvalue weighted by Crippen LogP contribution is -2.26. The molecule has 0 aliphatic carbocycles. The van der Waals surface area contributed by atoms with Crippen LogP contribution in [-0.2, 0) is 11.8 Å². The number of carbonyl (C=O) groups excluding carboxylic acids is 1. The zero-order valence-corrected chi connectivity index (χ0v) is 14.2. The van der Waals surface area contributed by atoms with Crippen molar-refractivity contribution in [3.8, 4) is 11.3 Å². The van der Waals surface area contributed by atoms with E-state index < -0.39 is 10.9 Å². The molecule has 0 unspecified atom stereocenters. The quantitative estimate of drug-likeness (QED) is 0.413. The molecule has 1 amide bonds. The van der Waals surface area contributed by atoms with E-state index in [0.29, 0.717) is 29.1 Å².